The molecule has 1 fully saturated rings. The number of rotatable bonds is 11. The first-order valence-electron chi connectivity index (χ1n) is 13.4. The van der Waals surface area contributed by atoms with Gasteiger partial charge in [-0.1, -0.05) is 67.3 Å². The van der Waals surface area contributed by atoms with E-state index >= 15 is 0 Å². The molecule has 2 amide bonds. The first-order chi connectivity index (χ1) is 18.0. The molecule has 1 aliphatic carbocycles. The molecule has 0 aliphatic heterocycles. The Morgan fingerprint density at radius 3 is 2.38 bits per heavy atom. The van der Waals surface area contributed by atoms with Gasteiger partial charge in [-0.05, 0) is 49.6 Å². The van der Waals surface area contributed by atoms with Crippen molar-refractivity contribution >= 4 is 11.8 Å². The molecule has 6 heteroatoms. The minimum absolute atomic E-state index is 0.0458. The van der Waals surface area contributed by atoms with E-state index in [1.807, 2.05) is 65.3 Å². The standard InChI is InChI=1S/C31H39N3O3/c1-25-15-17-27(18-16-25)31(36)34(28-12-7-4-8-13-28)24-30(35)33(20-21-37-2)23-29-14-9-19-32(29)22-26-10-5-3-6-11-26/h3,5-6,9-11,14-19,28H,4,7-8,12-13,20-24H2,1-2H3. The third-order valence-electron chi connectivity index (χ3n) is 7.27. The average Bonchev–Trinajstić information content (AvgIpc) is 3.36. The third-order valence-corrected chi connectivity index (χ3v) is 7.27. The lowest BCUT2D eigenvalue weighted by Gasteiger charge is -2.35. The summed E-state index contributed by atoms with van der Waals surface area (Å²) in [5.74, 6) is -0.102. The number of benzene rings is 2. The van der Waals surface area contributed by atoms with Gasteiger partial charge in [0.2, 0.25) is 5.91 Å². The molecule has 0 N–H and O–H groups in total. The van der Waals surface area contributed by atoms with Crippen LogP contribution in [0, 0.1) is 6.92 Å². The molecule has 4 rings (SSSR count). The second-order valence-electron chi connectivity index (χ2n) is 10.0. The lowest BCUT2D eigenvalue weighted by molar-refractivity contribution is -0.133. The number of amides is 2. The fourth-order valence-electron chi connectivity index (χ4n) is 5.08. The molecule has 0 radical (unpaired) electrons. The summed E-state index contributed by atoms with van der Waals surface area (Å²) in [6.07, 6.45) is 7.32. The van der Waals surface area contributed by atoms with Gasteiger partial charge in [-0.3, -0.25) is 9.59 Å². The number of hydrogen-bond donors (Lipinski definition) is 0. The molecule has 0 atom stereocenters. The van der Waals surface area contributed by atoms with Crippen molar-refractivity contribution in [3.05, 3.63) is 95.3 Å². The summed E-state index contributed by atoms with van der Waals surface area (Å²) >= 11 is 0. The Morgan fingerprint density at radius 1 is 0.946 bits per heavy atom. The van der Waals surface area contributed by atoms with Crippen LogP contribution in [0.25, 0.3) is 0 Å². The molecule has 1 heterocycles. The van der Waals surface area contributed by atoms with E-state index in [0.29, 0.717) is 25.3 Å². The highest BCUT2D eigenvalue weighted by Gasteiger charge is 2.30. The predicted octanol–water partition coefficient (Wildman–Crippen LogP) is 5.29. The van der Waals surface area contributed by atoms with Crippen LogP contribution in [0.1, 0.15) is 59.3 Å². The van der Waals surface area contributed by atoms with Gasteiger partial charge in [0, 0.05) is 43.7 Å². The van der Waals surface area contributed by atoms with Crippen molar-refractivity contribution < 1.29 is 14.3 Å². The number of methoxy groups -OCH3 is 1. The summed E-state index contributed by atoms with van der Waals surface area (Å²) in [5, 5.41) is 0. The zero-order valence-corrected chi connectivity index (χ0v) is 22.1. The zero-order chi connectivity index (χ0) is 26.0. The minimum Gasteiger partial charge on any atom is -0.383 e. The van der Waals surface area contributed by atoms with Crippen molar-refractivity contribution in [2.24, 2.45) is 0 Å². The van der Waals surface area contributed by atoms with Gasteiger partial charge in [0.25, 0.3) is 5.91 Å². The zero-order valence-electron chi connectivity index (χ0n) is 22.1. The molecule has 196 valence electrons. The number of nitrogens with zero attached hydrogens (tertiary/aromatic N) is 3. The molecule has 2 aromatic carbocycles. The van der Waals surface area contributed by atoms with Gasteiger partial charge >= 0.3 is 0 Å². The molecule has 1 aromatic heterocycles. The number of carbonyl (C=O) groups is 2. The van der Waals surface area contributed by atoms with Gasteiger partial charge < -0.3 is 19.1 Å². The molecule has 37 heavy (non-hydrogen) atoms. The molecule has 1 saturated carbocycles. The summed E-state index contributed by atoms with van der Waals surface area (Å²) in [6.45, 7) is 4.23. The Hall–Kier alpha value is -3.38. The van der Waals surface area contributed by atoms with E-state index in [4.69, 9.17) is 4.74 Å². The first kappa shape index (κ1) is 26.7. The molecule has 0 bridgehead atoms. The first-order valence-corrected chi connectivity index (χ1v) is 13.4. The topological polar surface area (TPSA) is 54.8 Å². The maximum absolute atomic E-state index is 13.8. The second kappa shape index (κ2) is 13.2. The van der Waals surface area contributed by atoms with Gasteiger partial charge in [-0.2, -0.15) is 0 Å². The highest BCUT2D eigenvalue weighted by molar-refractivity contribution is 5.96. The number of aromatic nitrogens is 1. The third kappa shape index (κ3) is 7.32. The number of carbonyl (C=O) groups excluding carboxylic acids is 2. The van der Waals surface area contributed by atoms with Crippen LogP contribution >= 0.6 is 0 Å². The van der Waals surface area contributed by atoms with Crippen LogP contribution in [0.4, 0.5) is 0 Å². The Labute approximate surface area is 220 Å². The summed E-state index contributed by atoms with van der Waals surface area (Å²) in [7, 11) is 1.65. The maximum atomic E-state index is 13.8. The Balaban J connectivity index is 1.52. The van der Waals surface area contributed by atoms with Gasteiger partial charge in [0.1, 0.15) is 6.54 Å². The van der Waals surface area contributed by atoms with Gasteiger partial charge in [-0.15, -0.1) is 0 Å². The smallest absolute Gasteiger partial charge is 0.254 e. The Morgan fingerprint density at radius 2 is 1.68 bits per heavy atom. The molecular formula is C31H39N3O3. The molecule has 3 aromatic rings. The maximum Gasteiger partial charge on any atom is 0.254 e. The fourth-order valence-corrected chi connectivity index (χ4v) is 5.08. The second-order valence-corrected chi connectivity index (χ2v) is 10.0. The normalized spacial score (nSPS) is 13.9. The monoisotopic (exact) mass is 501 g/mol. The highest BCUT2D eigenvalue weighted by Crippen LogP contribution is 2.24. The largest absolute Gasteiger partial charge is 0.383 e. The molecule has 1 aliphatic rings. The Bertz CT molecular complexity index is 1130. The number of ether oxygens (including phenoxy) is 1. The minimum atomic E-state index is -0.0561. The fraction of sp³-hybridized carbons (Fsp3) is 0.419. The summed E-state index contributed by atoms with van der Waals surface area (Å²) in [6, 6.07) is 22.1. The van der Waals surface area contributed by atoms with Gasteiger partial charge in [0.05, 0.1) is 13.2 Å². The summed E-state index contributed by atoms with van der Waals surface area (Å²) < 4.78 is 7.51. The van der Waals surface area contributed by atoms with E-state index in [0.717, 1.165) is 43.5 Å². The van der Waals surface area contributed by atoms with Gasteiger partial charge in [-0.25, -0.2) is 0 Å². The van der Waals surface area contributed by atoms with Crippen LogP contribution in [-0.2, 0) is 22.6 Å². The van der Waals surface area contributed by atoms with Crippen molar-refractivity contribution in [3.8, 4) is 0 Å². The molecule has 0 saturated heterocycles. The van der Waals surface area contributed by atoms with Crippen LogP contribution in [0.5, 0.6) is 0 Å². The van der Waals surface area contributed by atoms with Crippen LogP contribution in [-0.4, -0.2) is 59.0 Å². The van der Waals surface area contributed by atoms with Crippen molar-refractivity contribution in [1.82, 2.24) is 14.4 Å². The summed E-state index contributed by atoms with van der Waals surface area (Å²) in [5.41, 5.74) is 4.02. The van der Waals surface area contributed by atoms with Crippen LogP contribution in [0.2, 0.25) is 0 Å². The van der Waals surface area contributed by atoms with Crippen molar-refractivity contribution in [1.29, 1.82) is 0 Å². The van der Waals surface area contributed by atoms with Crippen molar-refractivity contribution in [3.63, 3.8) is 0 Å². The Kier molecular flexibility index (Phi) is 9.55. The lowest BCUT2D eigenvalue weighted by atomic mass is 9.93. The molecule has 0 spiro atoms. The molecule has 6 nitrogen and oxygen atoms in total. The van der Waals surface area contributed by atoms with E-state index in [1.54, 1.807) is 7.11 Å². The number of aryl methyl sites for hydroxylation is 1. The van der Waals surface area contributed by atoms with E-state index in [-0.39, 0.29) is 24.4 Å². The summed E-state index contributed by atoms with van der Waals surface area (Å²) in [4.78, 5) is 31.0. The van der Waals surface area contributed by atoms with Crippen molar-refractivity contribution in [2.75, 3.05) is 26.8 Å². The predicted molar refractivity (Wildman–Crippen MR) is 146 cm³/mol. The SMILES string of the molecule is COCCN(Cc1cccn1Cc1ccccc1)C(=O)CN(C(=O)c1ccc(C)cc1)C1CCCCC1. The van der Waals surface area contributed by atoms with E-state index in [9.17, 15) is 9.59 Å². The van der Waals surface area contributed by atoms with Gasteiger partial charge in [0.15, 0.2) is 0 Å². The van der Waals surface area contributed by atoms with E-state index in [1.165, 1.54) is 12.0 Å². The van der Waals surface area contributed by atoms with E-state index < -0.39 is 0 Å². The van der Waals surface area contributed by atoms with Crippen molar-refractivity contribution in [2.45, 2.75) is 58.2 Å². The van der Waals surface area contributed by atoms with Crippen LogP contribution in [0.15, 0.2) is 72.9 Å². The lowest BCUT2D eigenvalue weighted by Crippen LogP contribution is -2.48. The highest BCUT2D eigenvalue weighted by atomic mass is 16.5. The molecule has 0 unspecified atom stereocenters. The average molecular weight is 502 g/mol. The van der Waals surface area contributed by atoms with E-state index in [2.05, 4.69) is 29.0 Å². The molecular weight excluding hydrogens is 462 g/mol. The quantitative estimate of drug-likeness (QED) is 0.359. The number of hydrogen-bond acceptors (Lipinski definition) is 3. The van der Waals surface area contributed by atoms with Crippen LogP contribution in [0.3, 0.4) is 0 Å². The van der Waals surface area contributed by atoms with Crippen LogP contribution < -0.4 is 0 Å².